The van der Waals surface area contributed by atoms with Crippen LogP contribution in [0.5, 0.6) is 0 Å². The van der Waals surface area contributed by atoms with Gasteiger partial charge in [0.15, 0.2) is 0 Å². The highest BCUT2D eigenvalue weighted by atomic mass is 14.9. The third kappa shape index (κ3) is 3.34. The zero-order valence-corrected chi connectivity index (χ0v) is 10.3. The molecule has 1 heteroatoms. The minimum Gasteiger partial charge on any atom is -0.310 e. The number of aryl methyl sites for hydroxylation is 1. The van der Waals surface area contributed by atoms with Crippen LogP contribution >= 0.6 is 0 Å². The van der Waals surface area contributed by atoms with Crippen molar-refractivity contribution in [1.82, 2.24) is 5.32 Å². The maximum atomic E-state index is 3.60. The fourth-order valence-electron chi connectivity index (χ4n) is 2.08. The Morgan fingerprint density at radius 2 is 1.81 bits per heavy atom. The molecule has 88 valence electrons. The first-order valence-corrected chi connectivity index (χ1v) is 6.69. The van der Waals surface area contributed by atoms with Crippen LogP contribution in [0.15, 0.2) is 24.3 Å². The Hall–Kier alpha value is -0.820. The number of nitrogens with one attached hydrogen (secondary N) is 1. The van der Waals surface area contributed by atoms with E-state index < -0.39 is 0 Å². The van der Waals surface area contributed by atoms with E-state index in [0.29, 0.717) is 0 Å². The molecule has 0 radical (unpaired) electrons. The quantitative estimate of drug-likeness (QED) is 0.766. The highest BCUT2D eigenvalue weighted by Gasteiger charge is 2.15. The van der Waals surface area contributed by atoms with Crippen LogP contribution in [0.1, 0.15) is 50.2 Å². The van der Waals surface area contributed by atoms with Crippen molar-refractivity contribution in [1.29, 1.82) is 0 Å². The van der Waals surface area contributed by atoms with E-state index in [1.165, 1.54) is 49.7 Å². The van der Waals surface area contributed by atoms with Gasteiger partial charge in [0.1, 0.15) is 0 Å². The van der Waals surface area contributed by atoms with Crippen LogP contribution in [-0.4, -0.2) is 6.04 Å². The Bertz CT molecular complexity index is 298. The SMILES string of the molecule is CCCCc1ccc(CNC2CCC2)cc1. The molecule has 1 aliphatic carbocycles. The van der Waals surface area contributed by atoms with Gasteiger partial charge in [0.25, 0.3) is 0 Å². The Labute approximate surface area is 99.3 Å². The summed E-state index contributed by atoms with van der Waals surface area (Å²) in [6.07, 6.45) is 7.97. The van der Waals surface area contributed by atoms with Crippen LogP contribution in [0.3, 0.4) is 0 Å². The fourth-order valence-corrected chi connectivity index (χ4v) is 2.08. The largest absolute Gasteiger partial charge is 0.310 e. The van der Waals surface area contributed by atoms with Gasteiger partial charge in [-0.15, -0.1) is 0 Å². The fraction of sp³-hybridized carbons (Fsp3) is 0.600. The molecule has 0 saturated heterocycles. The molecule has 0 heterocycles. The van der Waals surface area contributed by atoms with E-state index >= 15 is 0 Å². The summed E-state index contributed by atoms with van der Waals surface area (Å²) in [6.45, 7) is 3.29. The minimum absolute atomic E-state index is 0.791. The minimum atomic E-state index is 0.791. The van der Waals surface area contributed by atoms with Gasteiger partial charge < -0.3 is 5.32 Å². The molecule has 1 aromatic carbocycles. The second-order valence-electron chi connectivity index (χ2n) is 4.93. The molecular weight excluding hydrogens is 194 g/mol. The number of rotatable bonds is 6. The first-order chi connectivity index (χ1) is 7.88. The lowest BCUT2D eigenvalue weighted by molar-refractivity contribution is 0.338. The molecule has 1 saturated carbocycles. The van der Waals surface area contributed by atoms with Crippen molar-refractivity contribution >= 4 is 0 Å². The highest BCUT2D eigenvalue weighted by molar-refractivity contribution is 5.22. The Balaban J connectivity index is 1.76. The summed E-state index contributed by atoms with van der Waals surface area (Å²) in [4.78, 5) is 0. The summed E-state index contributed by atoms with van der Waals surface area (Å²) in [5, 5.41) is 3.60. The van der Waals surface area contributed by atoms with Crippen LogP contribution in [0.2, 0.25) is 0 Å². The first kappa shape index (κ1) is 11.7. The summed E-state index contributed by atoms with van der Waals surface area (Å²) in [7, 11) is 0. The molecule has 0 atom stereocenters. The molecule has 0 aromatic heterocycles. The predicted octanol–water partition coefficient (Wildman–Crippen LogP) is 3.67. The lowest BCUT2D eigenvalue weighted by atomic mass is 9.93. The van der Waals surface area contributed by atoms with Crippen LogP contribution < -0.4 is 5.32 Å². The molecule has 1 aliphatic rings. The van der Waals surface area contributed by atoms with Crippen LogP contribution in [0, 0.1) is 0 Å². The number of hydrogen-bond acceptors (Lipinski definition) is 1. The van der Waals surface area contributed by atoms with Gasteiger partial charge in [-0.25, -0.2) is 0 Å². The van der Waals surface area contributed by atoms with E-state index in [4.69, 9.17) is 0 Å². The second-order valence-corrected chi connectivity index (χ2v) is 4.93. The summed E-state index contributed by atoms with van der Waals surface area (Å²) >= 11 is 0. The van der Waals surface area contributed by atoms with Gasteiger partial charge in [0.2, 0.25) is 0 Å². The smallest absolute Gasteiger partial charge is 0.0208 e. The van der Waals surface area contributed by atoms with Crippen molar-refractivity contribution in [3.63, 3.8) is 0 Å². The maximum absolute atomic E-state index is 3.60. The monoisotopic (exact) mass is 217 g/mol. The van der Waals surface area contributed by atoms with E-state index in [9.17, 15) is 0 Å². The molecule has 0 bridgehead atoms. The molecule has 0 amide bonds. The van der Waals surface area contributed by atoms with Gasteiger partial charge in [-0.05, 0) is 36.8 Å². The first-order valence-electron chi connectivity index (χ1n) is 6.69. The maximum Gasteiger partial charge on any atom is 0.0208 e. The molecule has 1 fully saturated rings. The number of unbranched alkanes of at least 4 members (excludes halogenated alkanes) is 1. The molecule has 0 aliphatic heterocycles. The summed E-state index contributed by atoms with van der Waals surface area (Å²) < 4.78 is 0. The van der Waals surface area contributed by atoms with Gasteiger partial charge in [0, 0.05) is 12.6 Å². The number of benzene rings is 1. The average Bonchev–Trinajstić information content (AvgIpc) is 2.26. The summed E-state index contributed by atoms with van der Waals surface area (Å²) in [6, 6.07) is 9.91. The zero-order valence-electron chi connectivity index (χ0n) is 10.3. The molecule has 0 spiro atoms. The highest BCUT2D eigenvalue weighted by Crippen LogP contribution is 2.18. The van der Waals surface area contributed by atoms with Crippen LogP contribution in [-0.2, 0) is 13.0 Å². The van der Waals surface area contributed by atoms with Crippen LogP contribution in [0.4, 0.5) is 0 Å². The van der Waals surface area contributed by atoms with Crippen molar-refractivity contribution in [3.05, 3.63) is 35.4 Å². The Morgan fingerprint density at radius 1 is 1.12 bits per heavy atom. The third-order valence-electron chi connectivity index (χ3n) is 3.54. The predicted molar refractivity (Wildman–Crippen MR) is 69.5 cm³/mol. The topological polar surface area (TPSA) is 12.0 Å². The van der Waals surface area contributed by atoms with E-state index in [0.717, 1.165) is 12.6 Å². The van der Waals surface area contributed by atoms with Gasteiger partial charge in [-0.2, -0.15) is 0 Å². The van der Waals surface area contributed by atoms with Crippen molar-refractivity contribution in [2.75, 3.05) is 0 Å². The molecular formula is C15H23N. The standard InChI is InChI=1S/C15H23N/c1-2-3-5-13-8-10-14(11-9-13)12-16-15-6-4-7-15/h8-11,15-16H,2-7,12H2,1H3. The van der Waals surface area contributed by atoms with E-state index in [1.807, 2.05) is 0 Å². The molecule has 16 heavy (non-hydrogen) atoms. The molecule has 1 nitrogen and oxygen atoms in total. The molecule has 0 unspecified atom stereocenters. The Morgan fingerprint density at radius 3 is 2.38 bits per heavy atom. The normalized spacial score (nSPS) is 16.1. The average molecular weight is 217 g/mol. The van der Waals surface area contributed by atoms with Crippen molar-refractivity contribution in [3.8, 4) is 0 Å². The summed E-state index contributed by atoms with van der Waals surface area (Å²) in [5.74, 6) is 0. The van der Waals surface area contributed by atoms with Crippen LogP contribution in [0.25, 0.3) is 0 Å². The van der Waals surface area contributed by atoms with Gasteiger partial charge in [-0.3, -0.25) is 0 Å². The zero-order chi connectivity index (χ0) is 11.2. The van der Waals surface area contributed by atoms with Gasteiger partial charge in [-0.1, -0.05) is 44.0 Å². The summed E-state index contributed by atoms with van der Waals surface area (Å²) in [5.41, 5.74) is 2.90. The lowest BCUT2D eigenvalue weighted by Crippen LogP contribution is -2.34. The van der Waals surface area contributed by atoms with Crippen molar-refractivity contribution in [2.45, 2.75) is 58.0 Å². The van der Waals surface area contributed by atoms with E-state index in [1.54, 1.807) is 0 Å². The Kier molecular flexibility index (Phi) is 4.41. The van der Waals surface area contributed by atoms with Crippen molar-refractivity contribution in [2.24, 2.45) is 0 Å². The van der Waals surface area contributed by atoms with E-state index in [-0.39, 0.29) is 0 Å². The molecule has 2 rings (SSSR count). The third-order valence-corrected chi connectivity index (χ3v) is 3.54. The molecule has 1 N–H and O–H groups in total. The second kappa shape index (κ2) is 6.05. The molecule has 1 aromatic rings. The van der Waals surface area contributed by atoms with Gasteiger partial charge in [0.05, 0.1) is 0 Å². The van der Waals surface area contributed by atoms with E-state index in [2.05, 4.69) is 36.5 Å². The van der Waals surface area contributed by atoms with Crippen molar-refractivity contribution < 1.29 is 0 Å². The number of hydrogen-bond donors (Lipinski definition) is 1. The lowest BCUT2D eigenvalue weighted by Gasteiger charge is -2.26. The van der Waals surface area contributed by atoms with Gasteiger partial charge >= 0.3 is 0 Å².